The maximum Gasteiger partial charge on any atom is 0.338 e. The molecule has 3 aromatic carbocycles. The standard InChI is InChI=1S/C19H14O4/c1-22-14-5-2-11(3-6-14)18-15-7-4-13(20)8-12(15)9-16-17(18)10-23-19(16)21/h2-9,20H,10H2,1H3. The van der Waals surface area contributed by atoms with E-state index in [2.05, 4.69) is 0 Å². The summed E-state index contributed by atoms with van der Waals surface area (Å²) in [7, 11) is 1.62. The van der Waals surface area contributed by atoms with Gasteiger partial charge in [0.1, 0.15) is 18.1 Å². The molecule has 1 aliphatic heterocycles. The van der Waals surface area contributed by atoms with Crippen LogP contribution in [0.15, 0.2) is 48.5 Å². The Balaban J connectivity index is 2.05. The fourth-order valence-electron chi connectivity index (χ4n) is 3.07. The second kappa shape index (κ2) is 5.02. The normalized spacial score (nSPS) is 13.0. The number of methoxy groups -OCH3 is 1. The van der Waals surface area contributed by atoms with Crippen LogP contribution in [0.1, 0.15) is 15.9 Å². The zero-order valence-corrected chi connectivity index (χ0v) is 12.5. The molecule has 1 aliphatic rings. The molecule has 0 saturated heterocycles. The van der Waals surface area contributed by atoms with Crippen molar-refractivity contribution >= 4 is 16.7 Å². The molecule has 1 N–H and O–H groups in total. The van der Waals surface area contributed by atoms with Crippen LogP contribution in [-0.2, 0) is 11.3 Å². The molecule has 0 aromatic heterocycles. The van der Waals surface area contributed by atoms with E-state index in [1.165, 1.54) is 0 Å². The van der Waals surface area contributed by atoms with Crippen molar-refractivity contribution < 1.29 is 19.4 Å². The second-order valence-electron chi connectivity index (χ2n) is 5.49. The highest BCUT2D eigenvalue weighted by Gasteiger charge is 2.26. The monoisotopic (exact) mass is 306 g/mol. The van der Waals surface area contributed by atoms with E-state index >= 15 is 0 Å². The van der Waals surface area contributed by atoms with Crippen LogP contribution in [0.3, 0.4) is 0 Å². The van der Waals surface area contributed by atoms with Crippen molar-refractivity contribution in [3.8, 4) is 22.6 Å². The minimum Gasteiger partial charge on any atom is -0.508 e. The first-order valence-electron chi connectivity index (χ1n) is 7.27. The lowest BCUT2D eigenvalue weighted by Crippen LogP contribution is -1.95. The molecular formula is C19H14O4. The van der Waals surface area contributed by atoms with Gasteiger partial charge in [-0.25, -0.2) is 4.79 Å². The Kier molecular flexibility index (Phi) is 2.98. The number of ether oxygens (including phenoxy) is 2. The molecule has 23 heavy (non-hydrogen) atoms. The zero-order chi connectivity index (χ0) is 16.0. The molecule has 0 spiro atoms. The van der Waals surface area contributed by atoms with Crippen LogP contribution in [-0.4, -0.2) is 18.2 Å². The summed E-state index contributed by atoms with van der Waals surface area (Å²) >= 11 is 0. The Bertz CT molecular complexity index is 926. The molecule has 0 amide bonds. The summed E-state index contributed by atoms with van der Waals surface area (Å²) < 4.78 is 10.4. The fourth-order valence-corrected chi connectivity index (χ4v) is 3.07. The smallest absolute Gasteiger partial charge is 0.338 e. The number of phenolic OH excluding ortho intramolecular Hbond substituents is 1. The molecule has 0 bridgehead atoms. The van der Waals surface area contributed by atoms with E-state index in [4.69, 9.17) is 9.47 Å². The third-order valence-electron chi connectivity index (χ3n) is 4.18. The minimum absolute atomic E-state index is 0.171. The van der Waals surface area contributed by atoms with E-state index in [0.29, 0.717) is 5.56 Å². The number of esters is 1. The van der Waals surface area contributed by atoms with Crippen LogP contribution in [0.2, 0.25) is 0 Å². The van der Waals surface area contributed by atoms with Crippen molar-refractivity contribution in [2.24, 2.45) is 0 Å². The minimum atomic E-state index is -0.319. The summed E-state index contributed by atoms with van der Waals surface area (Å²) in [5.74, 6) is 0.625. The molecule has 0 unspecified atom stereocenters. The van der Waals surface area contributed by atoms with Gasteiger partial charge in [0.05, 0.1) is 12.7 Å². The molecule has 4 heteroatoms. The van der Waals surface area contributed by atoms with E-state index < -0.39 is 0 Å². The van der Waals surface area contributed by atoms with E-state index in [1.807, 2.05) is 30.3 Å². The lowest BCUT2D eigenvalue weighted by molar-refractivity contribution is 0.0535. The number of hydrogen-bond acceptors (Lipinski definition) is 4. The average molecular weight is 306 g/mol. The van der Waals surface area contributed by atoms with Gasteiger partial charge in [-0.05, 0) is 52.2 Å². The summed E-state index contributed by atoms with van der Waals surface area (Å²) in [6, 6.07) is 14.7. The zero-order valence-electron chi connectivity index (χ0n) is 12.5. The highest BCUT2D eigenvalue weighted by molar-refractivity contribution is 6.07. The van der Waals surface area contributed by atoms with Crippen molar-refractivity contribution in [1.82, 2.24) is 0 Å². The molecule has 0 radical (unpaired) electrons. The predicted molar refractivity (Wildman–Crippen MR) is 86.7 cm³/mol. The third-order valence-corrected chi connectivity index (χ3v) is 4.18. The first-order valence-corrected chi connectivity index (χ1v) is 7.27. The summed E-state index contributed by atoms with van der Waals surface area (Å²) in [4.78, 5) is 12.0. The largest absolute Gasteiger partial charge is 0.508 e. The van der Waals surface area contributed by atoms with Gasteiger partial charge in [-0.1, -0.05) is 18.2 Å². The molecule has 0 aliphatic carbocycles. The summed E-state index contributed by atoms with van der Waals surface area (Å²) in [5, 5.41) is 11.5. The highest BCUT2D eigenvalue weighted by atomic mass is 16.5. The topological polar surface area (TPSA) is 55.8 Å². The molecule has 4 rings (SSSR count). The number of aromatic hydroxyl groups is 1. The van der Waals surface area contributed by atoms with E-state index in [-0.39, 0.29) is 18.3 Å². The Hall–Kier alpha value is -3.01. The number of rotatable bonds is 2. The van der Waals surface area contributed by atoms with Gasteiger partial charge >= 0.3 is 5.97 Å². The van der Waals surface area contributed by atoms with Crippen molar-refractivity contribution in [1.29, 1.82) is 0 Å². The van der Waals surface area contributed by atoms with Crippen LogP contribution < -0.4 is 4.74 Å². The Labute approximate surface area is 132 Å². The van der Waals surface area contributed by atoms with Crippen LogP contribution >= 0.6 is 0 Å². The van der Waals surface area contributed by atoms with Gasteiger partial charge in [0, 0.05) is 5.56 Å². The number of fused-ring (bicyclic) bond motifs is 2. The van der Waals surface area contributed by atoms with Crippen LogP contribution in [0.5, 0.6) is 11.5 Å². The lowest BCUT2D eigenvalue weighted by atomic mass is 9.90. The molecule has 0 saturated carbocycles. The Morgan fingerprint density at radius 1 is 1.09 bits per heavy atom. The van der Waals surface area contributed by atoms with Crippen LogP contribution in [0, 0.1) is 0 Å². The SMILES string of the molecule is COc1ccc(-c2c3c(cc4cc(O)ccc24)C(=O)OC3)cc1. The molecule has 0 atom stereocenters. The summed E-state index contributed by atoms with van der Waals surface area (Å²) in [6.07, 6.45) is 0. The molecule has 3 aromatic rings. The molecule has 114 valence electrons. The van der Waals surface area contributed by atoms with Gasteiger partial charge in [-0.15, -0.1) is 0 Å². The van der Waals surface area contributed by atoms with Gasteiger partial charge in [-0.2, -0.15) is 0 Å². The molecule has 0 fully saturated rings. The first-order chi connectivity index (χ1) is 11.2. The molecule has 1 heterocycles. The van der Waals surface area contributed by atoms with E-state index in [1.54, 1.807) is 25.3 Å². The van der Waals surface area contributed by atoms with Gasteiger partial charge in [0.25, 0.3) is 0 Å². The van der Waals surface area contributed by atoms with Crippen molar-refractivity contribution in [2.75, 3.05) is 7.11 Å². The third kappa shape index (κ3) is 2.11. The fraction of sp³-hybridized carbons (Fsp3) is 0.105. The van der Waals surface area contributed by atoms with E-state index in [9.17, 15) is 9.90 Å². The van der Waals surface area contributed by atoms with Crippen LogP contribution in [0.25, 0.3) is 21.9 Å². The predicted octanol–water partition coefficient (Wildman–Crippen LogP) is 3.89. The molecular weight excluding hydrogens is 292 g/mol. The quantitative estimate of drug-likeness (QED) is 0.730. The van der Waals surface area contributed by atoms with Gasteiger partial charge < -0.3 is 14.6 Å². The highest BCUT2D eigenvalue weighted by Crippen LogP contribution is 2.39. The number of cyclic esters (lactones) is 1. The lowest BCUT2D eigenvalue weighted by Gasteiger charge is -2.12. The Morgan fingerprint density at radius 2 is 1.87 bits per heavy atom. The summed E-state index contributed by atoms with van der Waals surface area (Å²) in [6.45, 7) is 0.270. The van der Waals surface area contributed by atoms with Crippen molar-refractivity contribution in [2.45, 2.75) is 6.61 Å². The summed E-state index contributed by atoms with van der Waals surface area (Å²) in [5.41, 5.74) is 3.40. The second-order valence-corrected chi connectivity index (χ2v) is 5.49. The number of carbonyl (C=O) groups excluding carboxylic acids is 1. The molecule has 4 nitrogen and oxygen atoms in total. The van der Waals surface area contributed by atoms with Crippen molar-refractivity contribution in [3.63, 3.8) is 0 Å². The first kappa shape index (κ1) is 13.6. The van der Waals surface area contributed by atoms with Crippen LogP contribution in [0.4, 0.5) is 0 Å². The average Bonchev–Trinajstić information content (AvgIpc) is 2.93. The maximum absolute atomic E-state index is 12.0. The maximum atomic E-state index is 12.0. The van der Waals surface area contributed by atoms with Gasteiger partial charge in [0.15, 0.2) is 0 Å². The van der Waals surface area contributed by atoms with Crippen molar-refractivity contribution in [3.05, 3.63) is 59.7 Å². The number of benzene rings is 3. The number of phenols is 1. The Morgan fingerprint density at radius 3 is 2.61 bits per heavy atom. The van der Waals surface area contributed by atoms with E-state index in [0.717, 1.165) is 33.2 Å². The van der Waals surface area contributed by atoms with Gasteiger partial charge in [-0.3, -0.25) is 0 Å². The number of hydrogen-bond donors (Lipinski definition) is 1. The van der Waals surface area contributed by atoms with Gasteiger partial charge in [0.2, 0.25) is 0 Å². The number of carbonyl (C=O) groups is 1.